The van der Waals surface area contributed by atoms with Crippen molar-refractivity contribution in [1.29, 1.82) is 0 Å². The third kappa shape index (κ3) is 3.85. The topological polar surface area (TPSA) is 43.4 Å². The molecule has 0 bridgehead atoms. The van der Waals surface area contributed by atoms with Crippen molar-refractivity contribution in [3.8, 4) is 5.88 Å². The zero-order valence-corrected chi connectivity index (χ0v) is 9.54. The molecule has 0 aliphatic rings. The number of pyridine rings is 1. The van der Waals surface area contributed by atoms with Crippen LogP contribution in [0.25, 0.3) is 0 Å². The van der Waals surface area contributed by atoms with Crippen LogP contribution < -0.4 is 10.1 Å². The van der Waals surface area contributed by atoms with E-state index >= 15 is 0 Å². The zero-order chi connectivity index (χ0) is 11.1. The van der Waals surface area contributed by atoms with Gasteiger partial charge in [-0.05, 0) is 19.5 Å². The maximum absolute atomic E-state index is 5.40. The second kappa shape index (κ2) is 6.37. The molecule has 4 nitrogen and oxygen atoms in total. The van der Waals surface area contributed by atoms with Gasteiger partial charge in [-0.1, -0.05) is 6.07 Å². The summed E-state index contributed by atoms with van der Waals surface area (Å²) in [6.45, 7) is 3.93. The van der Waals surface area contributed by atoms with Crippen molar-refractivity contribution in [3.05, 3.63) is 23.4 Å². The van der Waals surface area contributed by atoms with E-state index in [1.165, 1.54) is 5.56 Å². The maximum atomic E-state index is 5.40. The van der Waals surface area contributed by atoms with Gasteiger partial charge in [0.05, 0.1) is 6.61 Å². The van der Waals surface area contributed by atoms with Gasteiger partial charge in [0.15, 0.2) is 0 Å². The van der Waals surface area contributed by atoms with Crippen LogP contribution in [0, 0.1) is 6.92 Å². The molecule has 84 valence electrons. The molecule has 0 unspecified atom stereocenters. The predicted octanol–water partition coefficient (Wildman–Crippen LogP) is 1.13. The third-order valence-corrected chi connectivity index (χ3v) is 2.07. The summed E-state index contributed by atoms with van der Waals surface area (Å²) in [7, 11) is 3.57. The van der Waals surface area contributed by atoms with Crippen LogP contribution in [0.3, 0.4) is 0 Å². The van der Waals surface area contributed by atoms with Crippen LogP contribution >= 0.6 is 0 Å². The average molecular weight is 210 g/mol. The molecule has 0 fully saturated rings. The lowest BCUT2D eigenvalue weighted by Gasteiger charge is -2.08. The molecule has 1 N–H and O–H groups in total. The first-order valence-electron chi connectivity index (χ1n) is 5.00. The van der Waals surface area contributed by atoms with Gasteiger partial charge in [0.2, 0.25) is 5.88 Å². The largest absolute Gasteiger partial charge is 0.475 e. The molecule has 15 heavy (non-hydrogen) atoms. The molecule has 0 saturated heterocycles. The van der Waals surface area contributed by atoms with Gasteiger partial charge in [0.25, 0.3) is 0 Å². The molecule has 0 aliphatic carbocycles. The number of methoxy groups -OCH3 is 1. The van der Waals surface area contributed by atoms with Crippen molar-refractivity contribution in [2.75, 3.05) is 27.4 Å². The van der Waals surface area contributed by atoms with E-state index in [1.54, 1.807) is 7.11 Å². The summed E-state index contributed by atoms with van der Waals surface area (Å²) in [5.41, 5.74) is 2.19. The molecule has 0 spiro atoms. The number of hydrogen-bond donors (Lipinski definition) is 1. The van der Waals surface area contributed by atoms with Crippen LogP contribution in [0.4, 0.5) is 0 Å². The Morgan fingerprint density at radius 1 is 1.33 bits per heavy atom. The number of ether oxygens (including phenoxy) is 2. The van der Waals surface area contributed by atoms with Crippen LogP contribution in [-0.4, -0.2) is 32.4 Å². The quantitative estimate of drug-likeness (QED) is 0.715. The first kappa shape index (κ1) is 11.9. The summed E-state index contributed by atoms with van der Waals surface area (Å²) >= 11 is 0. The van der Waals surface area contributed by atoms with E-state index in [-0.39, 0.29) is 0 Å². The lowest BCUT2D eigenvalue weighted by molar-refractivity contribution is 0.143. The van der Waals surface area contributed by atoms with E-state index < -0.39 is 0 Å². The Morgan fingerprint density at radius 3 is 2.73 bits per heavy atom. The molecule has 0 amide bonds. The van der Waals surface area contributed by atoms with E-state index in [2.05, 4.69) is 10.3 Å². The Bertz CT molecular complexity index is 303. The number of nitrogens with zero attached hydrogens (tertiary/aromatic N) is 1. The molecule has 1 heterocycles. The molecule has 1 rings (SSSR count). The summed E-state index contributed by atoms with van der Waals surface area (Å²) in [4.78, 5) is 4.35. The van der Waals surface area contributed by atoms with Crippen molar-refractivity contribution in [2.24, 2.45) is 0 Å². The van der Waals surface area contributed by atoms with E-state index in [9.17, 15) is 0 Å². The second-order valence-electron chi connectivity index (χ2n) is 3.27. The van der Waals surface area contributed by atoms with Crippen LogP contribution in [0.5, 0.6) is 5.88 Å². The van der Waals surface area contributed by atoms with E-state index in [4.69, 9.17) is 9.47 Å². The number of nitrogens with one attached hydrogen (secondary N) is 1. The summed E-state index contributed by atoms with van der Waals surface area (Å²) in [6, 6.07) is 3.91. The van der Waals surface area contributed by atoms with Crippen LogP contribution in [0.1, 0.15) is 11.3 Å². The van der Waals surface area contributed by atoms with Gasteiger partial charge in [-0.25, -0.2) is 4.98 Å². The number of aryl methyl sites for hydroxylation is 1. The summed E-state index contributed by atoms with van der Waals surface area (Å²) in [5.74, 6) is 0.657. The molecule has 0 aliphatic heterocycles. The van der Waals surface area contributed by atoms with Crippen molar-refractivity contribution in [3.63, 3.8) is 0 Å². The van der Waals surface area contributed by atoms with Gasteiger partial charge in [-0.15, -0.1) is 0 Å². The molecule has 0 saturated carbocycles. The Hall–Kier alpha value is -1.13. The molecule has 0 atom stereocenters. The highest BCUT2D eigenvalue weighted by Crippen LogP contribution is 2.12. The SMILES string of the molecule is CNCc1ccc(OCCOC)nc1C. The third-order valence-electron chi connectivity index (χ3n) is 2.07. The normalized spacial score (nSPS) is 10.3. The summed E-state index contributed by atoms with van der Waals surface area (Å²) < 4.78 is 10.3. The highest BCUT2D eigenvalue weighted by atomic mass is 16.5. The van der Waals surface area contributed by atoms with E-state index in [1.807, 2.05) is 26.1 Å². The van der Waals surface area contributed by atoms with Gasteiger partial charge < -0.3 is 14.8 Å². The molecule has 1 aromatic rings. The molecule has 0 radical (unpaired) electrons. The maximum Gasteiger partial charge on any atom is 0.213 e. The predicted molar refractivity (Wildman–Crippen MR) is 59.1 cm³/mol. The minimum Gasteiger partial charge on any atom is -0.475 e. The van der Waals surface area contributed by atoms with Crippen molar-refractivity contribution >= 4 is 0 Å². The summed E-state index contributed by atoms with van der Waals surface area (Å²) in [6.07, 6.45) is 0. The lowest BCUT2D eigenvalue weighted by atomic mass is 10.2. The molecule has 4 heteroatoms. The van der Waals surface area contributed by atoms with Gasteiger partial charge in [0.1, 0.15) is 6.61 Å². The standard InChI is InChI=1S/C11H18N2O2/c1-9-10(8-12-2)4-5-11(13-9)15-7-6-14-3/h4-5,12H,6-8H2,1-3H3. The van der Waals surface area contributed by atoms with Crippen molar-refractivity contribution in [2.45, 2.75) is 13.5 Å². The second-order valence-corrected chi connectivity index (χ2v) is 3.27. The van der Waals surface area contributed by atoms with Gasteiger partial charge in [-0.2, -0.15) is 0 Å². The Morgan fingerprint density at radius 2 is 2.13 bits per heavy atom. The monoisotopic (exact) mass is 210 g/mol. The summed E-state index contributed by atoms with van der Waals surface area (Å²) in [5, 5.41) is 3.10. The fourth-order valence-corrected chi connectivity index (χ4v) is 1.25. The molecule has 0 aromatic carbocycles. The first-order valence-corrected chi connectivity index (χ1v) is 5.00. The minimum atomic E-state index is 0.536. The number of aromatic nitrogens is 1. The van der Waals surface area contributed by atoms with Crippen LogP contribution in [0.2, 0.25) is 0 Å². The first-order chi connectivity index (χ1) is 7.27. The number of hydrogen-bond acceptors (Lipinski definition) is 4. The highest BCUT2D eigenvalue weighted by molar-refractivity contribution is 5.24. The molecule has 1 aromatic heterocycles. The lowest BCUT2D eigenvalue weighted by Crippen LogP contribution is -2.09. The zero-order valence-electron chi connectivity index (χ0n) is 9.54. The van der Waals surface area contributed by atoms with Crippen LogP contribution in [-0.2, 0) is 11.3 Å². The van der Waals surface area contributed by atoms with Gasteiger partial charge in [0, 0.05) is 25.4 Å². The van der Waals surface area contributed by atoms with E-state index in [0.29, 0.717) is 19.1 Å². The van der Waals surface area contributed by atoms with Crippen LogP contribution in [0.15, 0.2) is 12.1 Å². The highest BCUT2D eigenvalue weighted by Gasteiger charge is 2.01. The fraction of sp³-hybridized carbons (Fsp3) is 0.545. The molecular weight excluding hydrogens is 192 g/mol. The van der Waals surface area contributed by atoms with E-state index in [0.717, 1.165) is 12.2 Å². The van der Waals surface area contributed by atoms with Gasteiger partial charge >= 0.3 is 0 Å². The molecular formula is C11H18N2O2. The van der Waals surface area contributed by atoms with Gasteiger partial charge in [-0.3, -0.25) is 0 Å². The van der Waals surface area contributed by atoms with Crippen molar-refractivity contribution < 1.29 is 9.47 Å². The fourth-order valence-electron chi connectivity index (χ4n) is 1.25. The number of rotatable bonds is 6. The minimum absolute atomic E-state index is 0.536. The smallest absolute Gasteiger partial charge is 0.213 e. The van der Waals surface area contributed by atoms with Crippen molar-refractivity contribution in [1.82, 2.24) is 10.3 Å². The Labute approximate surface area is 90.6 Å². The average Bonchev–Trinajstić information content (AvgIpc) is 2.23. The Balaban J connectivity index is 2.56. The Kier molecular flexibility index (Phi) is 5.07.